The predicted molar refractivity (Wildman–Crippen MR) is 102 cm³/mol. The van der Waals surface area contributed by atoms with E-state index in [1.807, 2.05) is 18.5 Å². The molecule has 3 aromatic heterocycles. The topological polar surface area (TPSA) is 47.7 Å². The lowest BCUT2D eigenvalue weighted by atomic mass is 9.98. The first kappa shape index (κ1) is 14.5. The first-order chi connectivity index (χ1) is 12.4. The number of hydrogen-bond acceptors (Lipinski definition) is 2. The molecular formula is C21H20N4. The molecule has 4 heteroatoms. The first-order valence-corrected chi connectivity index (χ1v) is 8.77. The zero-order chi connectivity index (χ0) is 16.6. The molecule has 4 aromatic rings. The molecule has 1 aromatic carbocycles. The molecule has 124 valence electrons. The number of nitrogens with zero attached hydrogens (tertiary/aromatic N) is 2. The number of fused-ring (bicyclic) bond motifs is 2. The van der Waals surface area contributed by atoms with Gasteiger partial charge >= 0.3 is 0 Å². The smallest absolute Gasteiger partial charge is 0.137 e. The van der Waals surface area contributed by atoms with Crippen molar-refractivity contribution >= 4 is 27.5 Å². The van der Waals surface area contributed by atoms with Crippen molar-refractivity contribution in [2.75, 3.05) is 13.1 Å². The van der Waals surface area contributed by atoms with Gasteiger partial charge in [-0.05, 0) is 58.8 Å². The van der Waals surface area contributed by atoms with Crippen molar-refractivity contribution in [2.45, 2.75) is 13.0 Å². The maximum atomic E-state index is 4.38. The van der Waals surface area contributed by atoms with E-state index in [1.54, 1.807) is 0 Å². The molecule has 1 aliphatic heterocycles. The van der Waals surface area contributed by atoms with Crippen LogP contribution in [0.2, 0.25) is 0 Å². The number of benzene rings is 1. The van der Waals surface area contributed by atoms with Crippen LogP contribution in [0.25, 0.3) is 27.5 Å². The summed E-state index contributed by atoms with van der Waals surface area (Å²) in [7, 11) is 0. The maximum absolute atomic E-state index is 4.38. The molecule has 0 amide bonds. The Morgan fingerprint density at radius 1 is 1.12 bits per heavy atom. The van der Waals surface area contributed by atoms with Gasteiger partial charge < -0.3 is 9.97 Å². The lowest BCUT2D eigenvalue weighted by Gasteiger charge is -2.26. The van der Waals surface area contributed by atoms with Crippen molar-refractivity contribution in [3.05, 3.63) is 72.2 Å². The second kappa shape index (κ2) is 5.90. The largest absolute Gasteiger partial charge is 0.361 e. The normalized spacial score (nSPS) is 15.8. The summed E-state index contributed by atoms with van der Waals surface area (Å²) in [5, 5.41) is 2.52. The van der Waals surface area contributed by atoms with Gasteiger partial charge in [0.05, 0.1) is 0 Å². The number of aromatic amines is 2. The van der Waals surface area contributed by atoms with Gasteiger partial charge in [0.1, 0.15) is 5.65 Å². The highest BCUT2D eigenvalue weighted by Gasteiger charge is 2.15. The minimum atomic E-state index is 0.965. The van der Waals surface area contributed by atoms with Gasteiger partial charge in [-0.2, -0.15) is 0 Å². The van der Waals surface area contributed by atoms with Crippen LogP contribution >= 0.6 is 0 Å². The molecule has 1 aliphatic rings. The maximum Gasteiger partial charge on any atom is 0.137 e. The third-order valence-corrected chi connectivity index (χ3v) is 5.15. The van der Waals surface area contributed by atoms with E-state index in [0.29, 0.717) is 0 Å². The molecule has 5 rings (SSSR count). The van der Waals surface area contributed by atoms with Crippen LogP contribution < -0.4 is 0 Å². The second-order valence-electron chi connectivity index (χ2n) is 6.71. The van der Waals surface area contributed by atoms with Gasteiger partial charge in [0, 0.05) is 49.1 Å². The SMILES string of the molecule is C1=C(c2ccc3[nH]ccc3c2)CCN(Cc2c[nH]c3ncccc23)C1. The van der Waals surface area contributed by atoms with Gasteiger partial charge in [0.2, 0.25) is 0 Å². The van der Waals surface area contributed by atoms with Gasteiger partial charge in [-0.25, -0.2) is 4.98 Å². The van der Waals surface area contributed by atoms with E-state index < -0.39 is 0 Å². The summed E-state index contributed by atoms with van der Waals surface area (Å²) < 4.78 is 0. The molecule has 2 N–H and O–H groups in total. The van der Waals surface area contributed by atoms with Crippen LogP contribution in [-0.4, -0.2) is 32.9 Å². The molecule has 0 spiro atoms. The fraction of sp³-hybridized carbons (Fsp3) is 0.190. The molecule has 0 atom stereocenters. The second-order valence-corrected chi connectivity index (χ2v) is 6.71. The lowest BCUT2D eigenvalue weighted by molar-refractivity contribution is 0.295. The van der Waals surface area contributed by atoms with Crippen molar-refractivity contribution in [3.8, 4) is 0 Å². The van der Waals surface area contributed by atoms with Crippen LogP contribution in [0.15, 0.2) is 61.1 Å². The third-order valence-electron chi connectivity index (χ3n) is 5.15. The zero-order valence-corrected chi connectivity index (χ0v) is 14.0. The molecule has 0 bridgehead atoms. The third kappa shape index (κ3) is 2.65. The van der Waals surface area contributed by atoms with E-state index in [1.165, 1.54) is 33.0 Å². The van der Waals surface area contributed by atoms with Crippen LogP contribution in [0.5, 0.6) is 0 Å². The summed E-state index contributed by atoms with van der Waals surface area (Å²) in [5.74, 6) is 0. The highest BCUT2D eigenvalue weighted by molar-refractivity contribution is 5.84. The molecule has 0 radical (unpaired) electrons. The molecule has 25 heavy (non-hydrogen) atoms. The van der Waals surface area contributed by atoms with Crippen molar-refractivity contribution in [2.24, 2.45) is 0 Å². The average Bonchev–Trinajstić information content (AvgIpc) is 3.29. The molecule has 0 unspecified atom stereocenters. The van der Waals surface area contributed by atoms with Crippen molar-refractivity contribution in [3.63, 3.8) is 0 Å². The minimum absolute atomic E-state index is 0.965. The van der Waals surface area contributed by atoms with Crippen LogP contribution in [0.4, 0.5) is 0 Å². The number of rotatable bonds is 3. The summed E-state index contributed by atoms with van der Waals surface area (Å²) in [5.41, 5.74) is 6.32. The van der Waals surface area contributed by atoms with Crippen LogP contribution in [-0.2, 0) is 6.54 Å². The highest BCUT2D eigenvalue weighted by atomic mass is 15.1. The minimum Gasteiger partial charge on any atom is -0.361 e. The summed E-state index contributed by atoms with van der Waals surface area (Å²) in [6.07, 6.45) is 9.40. The Labute approximate surface area is 146 Å². The van der Waals surface area contributed by atoms with Gasteiger partial charge in [-0.1, -0.05) is 12.1 Å². The molecule has 0 fully saturated rings. The number of aromatic nitrogens is 3. The zero-order valence-electron chi connectivity index (χ0n) is 14.0. The van der Waals surface area contributed by atoms with E-state index in [-0.39, 0.29) is 0 Å². The van der Waals surface area contributed by atoms with E-state index in [2.05, 4.69) is 62.5 Å². The quantitative estimate of drug-likeness (QED) is 0.588. The first-order valence-electron chi connectivity index (χ1n) is 8.77. The summed E-state index contributed by atoms with van der Waals surface area (Å²) in [4.78, 5) is 13.4. The fourth-order valence-corrected chi connectivity index (χ4v) is 3.75. The number of nitrogens with one attached hydrogen (secondary N) is 2. The van der Waals surface area contributed by atoms with Crippen molar-refractivity contribution < 1.29 is 0 Å². The van der Waals surface area contributed by atoms with E-state index >= 15 is 0 Å². The number of hydrogen-bond donors (Lipinski definition) is 2. The average molecular weight is 328 g/mol. The van der Waals surface area contributed by atoms with Gasteiger partial charge in [-0.3, -0.25) is 4.90 Å². The van der Waals surface area contributed by atoms with Crippen molar-refractivity contribution in [1.29, 1.82) is 0 Å². The Balaban J connectivity index is 1.34. The van der Waals surface area contributed by atoms with E-state index in [4.69, 9.17) is 0 Å². The predicted octanol–water partition coefficient (Wildman–Crippen LogP) is 4.33. The van der Waals surface area contributed by atoms with Gasteiger partial charge in [0.15, 0.2) is 0 Å². The Morgan fingerprint density at radius 2 is 2.12 bits per heavy atom. The van der Waals surface area contributed by atoms with E-state index in [0.717, 1.165) is 31.7 Å². The molecule has 0 aliphatic carbocycles. The number of pyridine rings is 1. The molecule has 0 saturated carbocycles. The Bertz CT molecular complexity index is 1070. The standard InChI is InChI=1S/C21H20N4/c1-2-19-18(13-24-21(19)23-8-1)14-25-10-6-15(7-11-25)16-3-4-20-17(12-16)5-9-22-20/h1-6,8-9,12-13,22H,7,10-11,14H2,(H,23,24). The van der Waals surface area contributed by atoms with Crippen LogP contribution in [0, 0.1) is 0 Å². The summed E-state index contributed by atoms with van der Waals surface area (Å²) >= 11 is 0. The summed E-state index contributed by atoms with van der Waals surface area (Å²) in [6.45, 7) is 3.05. The highest BCUT2D eigenvalue weighted by Crippen LogP contribution is 2.27. The van der Waals surface area contributed by atoms with Crippen LogP contribution in [0.3, 0.4) is 0 Å². The van der Waals surface area contributed by atoms with Crippen LogP contribution in [0.1, 0.15) is 17.5 Å². The summed E-state index contributed by atoms with van der Waals surface area (Å²) in [6, 6.07) is 13.0. The Kier molecular flexibility index (Phi) is 3.42. The Hall–Kier alpha value is -2.85. The number of H-pyrrole nitrogens is 2. The monoisotopic (exact) mass is 328 g/mol. The molecule has 4 nitrogen and oxygen atoms in total. The van der Waals surface area contributed by atoms with E-state index in [9.17, 15) is 0 Å². The lowest BCUT2D eigenvalue weighted by Crippen LogP contribution is -2.27. The molecule has 0 saturated heterocycles. The Morgan fingerprint density at radius 3 is 3.04 bits per heavy atom. The molecule has 4 heterocycles. The van der Waals surface area contributed by atoms with Gasteiger partial charge in [0.25, 0.3) is 0 Å². The van der Waals surface area contributed by atoms with Gasteiger partial charge in [-0.15, -0.1) is 0 Å². The fourth-order valence-electron chi connectivity index (χ4n) is 3.75. The molecular weight excluding hydrogens is 308 g/mol. The van der Waals surface area contributed by atoms with Crippen molar-refractivity contribution in [1.82, 2.24) is 19.9 Å².